The molecule has 0 radical (unpaired) electrons. The Morgan fingerprint density at radius 2 is 1.68 bits per heavy atom. The SMILES string of the molecule is CC(C)(C)OC(=O)N1CCN(CCc2ccc(N=C(N)N=C(N)N)cc2)CC1. The lowest BCUT2D eigenvalue weighted by atomic mass is 10.1. The molecule has 1 aromatic rings. The fraction of sp³-hybridized carbons (Fsp3) is 0.526. The Bertz CT molecular complexity index is 711. The van der Waals surface area contributed by atoms with Gasteiger partial charge in [-0.1, -0.05) is 12.1 Å². The van der Waals surface area contributed by atoms with Crippen LogP contribution in [0.4, 0.5) is 10.5 Å². The van der Waals surface area contributed by atoms with Crippen LogP contribution in [0.25, 0.3) is 0 Å². The van der Waals surface area contributed by atoms with E-state index in [0.717, 1.165) is 26.1 Å². The van der Waals surface area contributed by atoms with E-state index in [4.69, 9.17) is 21.9 Å². The van der Waals surface area contributed by atoms with Crippen molar-refractivity contribution in [1.29, 1.82) is 0 Å². The van der Waals surface area contributed by atoms with Crippen LogP contribution in [-0.4, -0.2) is 66.1 Å². The van der Waals surface area contributed by atoms with Gasteiger partial charge in [0.1, 0.15) is 5.60 Å². The number of carbonyl (C=O) groups excluding carboxylic acids is 1. The fourth-order valence-corrected chi connectivity index (χ4v) is 2.79. The first-order valence-corrected chi connectivity index (χ1v) is 9.35. The number of rotatable bonds is 4. The quantitative estimate of drug-likeness (QED) is 0.519. The number of amides is 1. The summed E-state index contributed by atoms with van der Waals surface area (Å²) in [6.45, 7) is 9.64. The first kappa shape index (κ1) is 21.5. The van der Waals surface area contributed by atoms with Crippen LogP contribution in [0.2, 0.25) is 0 Å². The second-order valence-electron chi connectivity index (χ2n) is 7.73. The molecule has 1 heterocycles. The third-order valence-electron chi connectivity index (χ3n) is 4.16. The van der Waals surface area contributed by atoms with Gasteiger partial charge in [-0.15, -0.1) is 0 Å². The van der Waals surface area contributed by atoms with Crippen molar-refractivity contribution in [3.05, 3.63) is 29.8 Å². The molecule has 1 saturated heterocycles. The van der Waals surface area contributed by atoms with Gasteiger partial charge in [0, 0.05) is 32.7 Å². The third-order valence-corrected chi connectivity index (χ3v) is 4.16. The minimum Gasteiger partial charge on any atom is -0.444 e. The zero-order valence-electron chi connectivity index (χ0n) is 16.9. The number of nitrogens with two attached hydrogens (primary N) is 3. The highest BCUT2D eigenvalue weighted by Gasteiger charge is 2.25. The van der Waals surface area contributed by atoms with Crippen LogP contribution < -0.4 is 17.2 Å². The highest BCUT2D eigenvalue weighted by Crippen LogP contribution is 2.15. The predicted molar refractivity (Wildman–Crippen MR) is 111 cm³/mol. The molecule has 9 heteroatoms. The minimum absolute atomic E-state index is 0.0237. The van der Waals surface area contributed by atoms with Crippen molar-refractivity contribution in [3.63, 3.8) is 0 Å². The first-order valence-electron chi connectivity index (χ1n) is 9.35. The van der Waals surface area contributed by atoms with E-state index in [-0.39, 0.29) is 18.0 Å². The fourth-order valence-electron chi connectivity index (χ4n) is 2.79. The summed E-state index contributed by atoms with van der Waals surface area (Å²) >= 11 is 0. The van der Waals surface area contributed by atoms with Crippen LogP contribution in [0.1, 0.15) is 26.3 Å². The monoisotopic (exact) mass is 389 g/mol. The molecule has 0 aromatic heterocycles. The van der Waals surface area contributed by atoms with Crippen molar-refractivity contribution in [1.82, 2.24) is 9.80 Å². The van der Waals surface area contributed by atoms with Crippen molar-refractivity contribution in [2.75, 3.05) is 32.7 Å². The average Bonchev–Trinajstić information content (AvgIpc) is 2.59. The smallest absolute Gasteiger partial charge is 0.410 e. The molecule has 0 bridgehead atoms. The predicted octanol–water partition coefficient (Wildman–Crippen LogP) is 1.00. The number of guanidine groups is 2. The van der Waals surface area contributed by atoms with Gasteiger partial charge in [-0.05, 0) is 44.9 Å². The second kappa shape index (κ2) is 9.41. The molecular formula is C19H31N7O2. The Morgan fingerprint density at radius 1 is 1.07 bits per heavy atom. The first-order chi connectivity index (χ1) is 13.1. The number of aliphatic imine (C=N–C) groups is 2. The number of hydrogen-bond acceptors (Lipinski definition) is 4. The summed E-state index contributed by atoms with van der Waals surface area (Å²) in [5.74, 6) is -0.0970. The van der Waals surface area contributed by atoms with Crippen molar-refractivity contribution in [2.45, 2.75) is 32.8 Å². The maximum absolute atomic E-state index is 12.1. The van der Waals surface area contributed by atoms with E-state index in [9.17, 15) is 4.79 Å². The van der Waals surface area contributed by atoms with E-state index in [1.54, 1.807) is 4.90 Å². The van der Waals surface area contributed by atoms with Gasteiger partial charge < -0.3 is 26.8 Å². The molecule has 9 nitrogen and oxygen atoms in total. The van der Waals surface area contributed by atoms with Gasteiger partial charge in [0.2, 0.25) is 5.96 Å². The molecule has 0 spiro atoms. The zero-order valence-corrected chi connectivity index (χ0v) is 16.9. The Hall–Kier alpha value is -2.81. The number of ether oxygens (including phenoxy) is 1. The lowest BCUT2D eigenvalue weighted by Gasteiger charge is -2.35. The van der Waals surface area contributed by atoms with Crippen LogP contribution in [0.5, 0.6) is 0 Å². The standard InChI is InChI=1S/C19H31N7O2/c1-19(2,3)28-18(27)26-12-10-25(11-13-26)9-8-14-4-6-15(7-5-14)23-17(22)24-16(20)21/h4-7H,8-13H2,1-3H3,(H6,20,21,22,23,24). The number of carbonyl (C=O) groups is 1. The van der Waals surface area contributed by atoms with Crippen LogP contribution in [0.15, 0.2) is 34.3 Å². The van der Waals surface area contributed by atoms with E-state index in [0.29, 0.717) is 18.8 Å². The van der Waals surface area contributed by atoms with Crippen LogP contribution in [-0.2, 0) is 11.2 Å². The Morgan fingerprint density at radius 3 is 2.21 bits per heavy atom. The maximum Gasteiger partial charge on any atom is 0.410 e. The summed E-state index contributed by atoms with van der Waals surface area (Å²) < 4.78 is 5.43. The highest BCUT2D eigenvalue weighted by atomic mass is 16.6. The molecule has 2 rings (SSSR count). The molecular weight excluding hydrogens is 358 g/mol. The third kappa shape index (κ3) is 7.43. The number of nitrogens with zero attached hydrogens (tertiary/aromatic N) is 4. The molecule has 0 unspecified atom stereocenters. The van der Waals surface area contributed by atoms with Crippen molar-refractivity contribution >= 4 is 23.7 Å². The summed E-state index contributed by atoms with van der Waals surface area (Å²) in [4.78, 5) is 24.0. The molecule has 1 aliphatic rings. The topological polar surface area (TPSA) is 136 Å². The van der Waals surface area contributed by atoms with Gasteiger partial charge in [0.15, 0.2) is 5.96 Å². The molecule has 1 aliphatic heterocycles. The minimum atomic E-state index is -0.460. The van der Waals surface area contributed by atoms with Crippen LogP contribution in [0, 0.1) is 0 Å². The molecule has 1 aromatic carbocycles. The van der Waals surface area contributed by atoms with E-state index in [1.165, 1.54) is 5.56 Å². The van der Waals surface area contributed by atoms with Crippen molar-refractivity contribution in [3.8, 4) is 0 Å². The summed E-state index contributed by atoms with van der Waals surface area (Å²) in [6, 6.07) is 7.78. The molecule has 1 amide bonds. The zero-order chi connectivity index (χ0) is 20.7. The molecule has 0 aliphatic carbocycles. The number of piperazine rings is 1. The lowest BCUT2D eigenvalue weighted by Crippen LogP contribution is -2.50. The molecule has 1 fully saturated rings. The van der Waals surface area contributed by atoms with Gasteiger partial charge in [0.25, 0.3) is 0 Å². The number of benzene rings is 1. The summed E-state index contributed by atoms with van der Waals surface area (Å²) in [5, 5.41) is 0. The second-order valence-corrected chi connectivity index (χ2v) is 7.73. The van der Waals surface area contributed by atoms with Crippen LogP contribution >= 0.6 is 0 Å². The van der Waals surface area contributed by atoms with E-state index >= 15 is 0 Å². The maximum atomic E-state index is 12.1. The molecule has 28 heavy (non-hydrogen) atoms. The largest absolute Gasteiger partial charge is 0.444 e. The Balaban J connectivity index is 1.78. The molecule has 6 N–H and O–H groups in total. The normalized spacial score (nSPS) is 16.0. The Labute approximate surface area is 166 Å². The van der Waals surface area contributed by atoms with Gasteiger partial charge in [0.05, 0.1) is 5.69 Å². The Kier molecular flexibility index (Phi) is 7.22. The van der Waals surface area contributed by atoms with E-state index in [1.807, 2.05) is 45.0 Å². The summed E-state index contributed by atoms with van der Waals surface area (Å²) in [6.07, 6.45) is 0.683. The van der Waals surface area contributed by atoms with Gasteiger partial charge in [-0.2, -0.15) is 4.99 Å². The summed E-state index contributed by atoms with van der Waals surface area (Å²) in [7, 11) is 0. The lowest BCUT2D eigenvalue weighted by molar-refractivity contribution is 0.0146. The van der Waals surface area contributed by atoms with Gasteiger partial charge in [-0.3, -0.25) is 4.90 Å². The van der Waals surface area contributed by atoms with Crippen LogP contribution in [0.3, 0.4) is 0 Å². The molecule has 154 valence electrons. The van der Waals surface area contributed by atoms with Crippen molar-refractivity contribution < 1.29 is 9.53 Å². The van der Waals surface area contributed by atoms with Gasteiger partial charge in [-0.25, -0.2) is 9.79 Å². The molecule has 0 atom stereocenters. The van der Waals surface area contributed by atoms with Crippen molar-refractivity contribution in [2.24, 2.45) is 27.2 Å². The summed E-state index contributed by atoms with van der Waals surface area (Å²) in [5.41, 5.74) is 17.6. The van der Waals surface area contributed by atoms with E-state index in [2.05, 4.69) is 14.9 Å². The highest BCUT2D eigenvalue weighted by molar-refractivity contribution is 5.93. The van der Waals surface area contributed by atoms with Gasteiger partial charge >= 0.3 is 6.09 Å². The number of hydrogen-bond donors (Lipinski definition) is 3. The van der Waals surface area contributed by atoms with E-state index < -0.39 is 5.60 Å². The average molecular weight is 390 g/mol. The molecule has 0 saturated carbocycles.